The third kappa shape index (κ3) is 2.16. The number of aliphatic carboxylic acids is 1. The SMILES string of the molecule is CC1=C[C@@H]2C([C@@H](O)C[C@@]3(C)C2CC[C@]3(O)C(=O)O)[C@@]2(C)C/C(=C/O)C(=O)C=C12. The van der Waals surface area contributed by atoms with Crippen LogP contribution in [0.25, 0.3) is 0 Å². The Balaban J connectivity index is 1.86. The first-order valence-electron chi connectivity index (χ1n) is 9.92. The maximum absolute atomic E-state index is 12.3. The van der Waals surface area contributed by atoms with Crippen LogP contribution in [0.5, 0.6) is 0 Å². The third-order valence-corrected chi connectivity index (χ3v) is 8.38. The number of allylic oxidation sites excluding steroid dienone is 5. The van der Waals surface area contributed by atoms with E-state index in [1.54, 1.807) is 13.0 Å². The van der Waals surface area contributed by atoms with Crippen molar-refractivity contribution in [1.82, 2.24) is 0 Å². The molecule has 0 aromatic heterocycles. The number of carboxylic acid groups (broad SMARTS) is 1. The number of hydrogen-bond donors (Lipinski definition) is 4. The van der Waals surface area contributed by atoms with Crippen molar-refractivity contribution in [3.63, 3.8) is 0 Å². The van der Waals surface area contributed by atoms with Gasteiger partial charge in [-0.2, -0.15) is 0 Å². The number of ketones is 1. The Hall–Kier alpha value is -1.92. The molecule has 0 heterocycles. The van der Waals surface area contributed by atoms with Crippen LogP contribution in [0.3, 0.4) is 0 Å². The van der Waals surface area contributed by atoms with Crippen molar-refractivity contribution < 1.29 is 30.0 Å². The molecule has 0 radical (unpaired) electrons. The summed E-state index contributed by atoms with van der Waals surface area (Å²) in [6.45, 7) is 5.75. The lowest BCUT2D eigenvalue weighted by Gasteiger charge is -2.59. The number of fused-ring (bicyclic) bond motifs is 5. The Labute approximate surface area is 164 Å². The molecule has 4 aliphatic carbocycles. The van der Waals surface area contributed by atoms with E-state index in [1.165, 1.54) is 0 Å². The fourth-order valence-corrected chi connectivity index (χ4v) is 7.02. The fourth-order valence-electron chi connectivity index (χ4n) is 7.02. The highest BCUT2D eigenvalue weighted by Gasteiger charge is 2.68. The van der Waals surface area contributed by atoms with Crippen molar-refractivity contribution in [2.75, 3.05) is 0 Å². The molecule has 2 unspecified atom stereocenters. The molecule has 152 valence electrons. The number of aliphatic hydroxyl groups excluding tert-OH is 2. The van der Waals surface area contributed by atoms with Crippen LogP contribution in [0, 0.1) is 28.6 Å². The lowest BCUT2D eigenvalue weighted by Crippen LogP contribution is -2.61. The molecule has 0 aromatic carbocycles. The van der Waals surface area contributed by atoms with Gasteiger partial charge in [0.15, 0.2) is 11.4 Å². The highest BCUT2D eigenvalue weighted by Crippen LogP contribution is 2.67. The zero-order valence-electron chi connectivity index (χ0n) is 16.5. The van der Waals surface area contributed by atoms with E-state index in [4.69, 9.17) is 0 Å². The van der Waals surface area contributed by atoms with Crippen molar-refractivity contribution in [3.8, 4) is 0 Å². The molecule has 4 N–H and O–H groups in total. The second-order valence-electron chi connectivity index (χ2n) is 9.62. The summed E-state index contributed by atoms with van der Waals surface area (Å²) in [7, 11) is 0. The topological polar surface area (TPSA) is 115 Å². The van der Waals surface area contributed by atoms with Crippen molar-refractivity contribution in [1.29, 1.82) is 0 Å². The summed E-state index contributed by atoms with van der Waals surface area (Å²) in [5, 5.41) is 41.4. The number of carbonyl (C=O) groups is 2. The van der Waals surface area contributed by atoms with Gasteiger partial charge in [-0.25, -0.2) is 4.79 Å². The predicted molar refractivity (Wildman–Crippen MR) is 101 cm³/mol. The molecule has 4 rings (SSSR count). The van der Waals surface area contributed by atoms with Gasteiger partial charge in [0.05, 0.1) is 12.4 Å². The van der Waals surface area contributed by atoms with E-state index < -0.39 is 28.5 Å². The Morgan fingerprint density at radius 1 is 1.32 bits per heavy atom. The molecule has 6 heteroatoms. The van der Waals surface area contributed by atoms with Gasteiger partial charge in [0.25, 0.3) is 0 Å². The van der Waals surface area contributed by atoms with Gasteiger partial charge in [-0.3, -0.25) is 4.79 Å². The number of aliphatic hydroxyl groups is 3. The molecule has 28 heavy (non-hydrogen) atoms. The smallest absolute Gasteiger partial charge is 0.336 e. The molecule has 2 saturated carbocycles. The molecular formula is C22H28O6. The maximum Gasteiger partial charge on any atom is 0.336 e. The van der Waals surface area contributed by atoms with Crippen molar-refractivity contribution in [2.45, 2.75) is 58.2 Å². The van der Waals surface area contributed by atoms with Gasteiger partial charge >= 0.3 is 5.97 Å². The first kappa shape index (κ1) is 19.4. The number of hydrogen-bond acceptors (Lipinski definition) is 5. The Kier molecular flexibility index (Phi) is 4.02. The summed E-state index contributed by atoms with van der Waals surface area (Å²) in [6.07, 6.45) is 4.96. The number of rotatable bonds is 1. The van der Waals surface area contributed by atoms with Crippen LogP contribution >= 0.6 is 0 Å². The van der Waals surface area contributed by atoms with E-state index in [1.807, 2.05) is 13.8 Å². The zero-order valence-corrected chi connectivity index (χ0v) is 16.5. The fraction of sp³-hybridized carbons (Fsp3) is 0.636. The van der Waals surface area contributed by atoms with Gasteiger partial charge in [-0.1, -0.05) is 25.5 Å². The number of carboxylic acids is 1. The van der Waals surface area contributed by atoms with Gasteiger partial charge in [0.2, 0.25) is 0 Å². The second kappa shape index (κ2) is 5.80. The lowest BCUT2D eigenvalue weighted by atomic mass is 9.46. The van der Waals surface area contributed by atoms with E-state index >= 15 is 0 Å². The summed E-state index contributed by atoms with van der Waals surface area (Å²) >= 11 is 0. The maximum atomic E-state index is 12.3. The summed E-state index contributed by atoms with van der Waals surface area (Å²) in [5.74, 6) is -1.82. The molecule has 2 fully saturated rings. The normalized spacial score (nSPS) is 49.0. The van der Waals surface area contributed by atoms with E-state index in [-0.39, 0.29) is 36.4 Å². The highest BCUT2D eigenvalue weighted by molar-refractivity contribution is 6.06. The van der Waals surface area contributed by atoms with Gasteiger partial charge < -0.3 is 20.4 Å². The summed E-state index contributed by atoms with van der Waals surface area (Å²) < 4.78 is 0. The quantitative estimate of drug-likeness (QED) is 0.405. The molecule has 7 atom stereocenters. The first-order chi connectivity index (χ1) is 13.0. The van der Waals surface area contributed by atoms with Crippen LogP contribution in [0.15, 0.2) is 35.1 Å². The van der Waals surface area contributed by atoms with Crippen LogP contribution < -0.4 is 0 Å². The summed E-state index contributed by atoms with van der Waals surface area (Å²) in [6, 6.07) is 0. The van der Waals surface area contributed by atoms with E-state index in [0.717, 1.165) is 17.4 Å². The Morgan fingerprint density at radius 3 is 2.61 bits per heavy atom. The first-order valence-corrected chi connectivity index (χ1v) is 9.92. The largest absolute Gasteiger partial charge is 0.515 e. The Morgan fingerprint density at radius 2 is 2.00 bits per heavy atom. The van der Waals surface area contributed by atoms with Crippen molar-refractivity contribution in [3.05, 3.63) is 35.1 Å². The molecule has 0 spiro atoms. The van der Waals surface area contributed by atoms with Crippen molar-refractivity contribution >= 4 is 11.8 Å². The van der Waals surface area contributed by atoms with Crippen LogP contribution in [0.4, 0.5) is 0 Å². The minimum absolute atomic E-state index is 0.0745. The monoisotopic (exact) mass is 388 g/mol. The average molecular weight is 388 g/mol. The minimum Gasteiger partial charge on any atom is -0.515 e. The molecule has 0 bridgehead atoms. The van der Waals surface area contributed by atoms with Gasteiger partial charge in [0, 0.05) is 22.3 Å². The molecular weight excluding hydrogens is 360 g/mol. The van der Waals surface area contributed by atoms with Crippen LogP contribution in [0.2, 0.25) is 0 Å². The molecule has 4 aliphatic rings. The lowest BCUT2D eigenvalue weighted by molar-refractivity contribution is -0.188. The second-order valence-corrected chi connectivity index (χ2v) is 9.62. The predicted octanol–water partition coefficient (Wildman–Crippen LogP) is 2.52. The van der Waals surface area contributed by atoms with Crippen molar-refractivity contribution in [2.24, 2.45) is 28.6 Å². The van der Waals surface area contributed by atoms with Crippen LogP contribution in [-0.4, -0.2) is 43.9 Å². The van der Waals surface area contributed by atoms with E-state index in [9.17, 15) is 30.0 Å². The minimum atomic E-state index is -1.85. The van der Waals surface area contributed by atoms with E-state index in [2.05, 4.69) is 6.08 Å². The third-order valence-electron chi connectivity index (χ3n) is 8.38. The highest BCUT2D eigenvalue weighted by atomic mass is 16.4. The van der Waals surface area contributed by atoms with Crippen LogP contribution in [-0.2, 0) is 9.59 Å². The molecule has 0 saturated heterocycles. The molecule has 0 aliphatic heterocycles. The van der Waals surface area contributed by atoms with Gasteiger partial charge in [-0.05, 0) is 56.1 Å². The molecule has 0 amide bonds. The Bertz CT molecular complexity index is 853. The number of carbonyl (C=O) groups excluding carboxylic acids is 1. The summed E-state index contributed by atoms with van der Waals surface area (Å²) in [5.41, 5.74) is -1.13. The van der Waals surface area contributed by atoms with Gasteiger partial charge in [-0.15, -0.1) is 0 Å². The molecule has 0 aromatic rings. The summed E-state index contributed by atoms with van der Waals surface area (Å²) in [4.78, 5) is 24.2. The molecule has 6 nitrogen and oxygen atoms in total. The zero-order chi connectivity index (χ0) is 20.6. The average Bonchev–Trinajstić information content (AvgIpc) is 2.88. The van der Waals surface area contributed by atoms with Gasteiger partial charge in [0.1, 0.15) is 0 Å². The standard InChI is InChI=1S/C22H28O6/c1-11-6-13-14-4-5-22(28,19(26)27)21(14,3)9-17(25)18(13)20(2)8-12(10-23)16(24)7-15(11)20/h6-7,10,13-14,17-18,23,25,28H,4-5,8-9H2,1-3H3,(H,26,27)/b12-10-/t13-,14?,17-,18?,20-,21-,22-/m0/s1. The van der Waals surface area contributed by atoms with Crippen LogP contribution in [0.1, 0.15) is 46.5 Å². The van der Waals surface area contributed by atoms with E-state index in [0.29, 0.717) is 18.4 Å².